The van der Waals surface area contributed by atoms with E-state index in [9.17, 15) is 13.6 Å². The summed E-state index contributed by atoms with van der Waals surface area (Å²) in [5, 5.41) is 3.11. The van der Waals surface area contributed by atoms with Crippen LogP contribution in [-0.4, -0.2) is 18.3 Å². The Morgan fingerprint density at radius 3 is 2.67 bits per heavy atom. The average Bonchev–Trinajstić information content (AvgIpc) is 2.13. The van der Waals surface area contributed by atoms with Crippen molar-refractivity contribution in [3.8, 4) is 0 Å². The maximum absolute atomic E-state index is 11.6. The van der Waals surface area contributed by atoms with Crippen molar-refractivity contribution in [1.82, 2.24) is 5.32 Å². The van der Waals surface area contributed by atoms with E-state index in [1.165, 1.54) is 0 Å². The first-order chi connectivity index (χ1) is 4.22. The molecule has 1 atom stereocenters. The summed E-state index contributed by atoms with van der Waals surface area (Å²) in [7, 11) is 0. The van der Waals surface area contributed by atoms with E-state index in [1.807, 2.05) is 0 Å². The molecule has 0 saturated heterocycles. The highest BCUT2D eigenvalue weighted by atomic mass is 19.3. The predicted octanol–water partition coefficient (Wildman–Crippen LogP) is 0.124. The van der Waals surface area contributed by atoms with Gasteiger partial charge >= 0.3 is 0 Å². The van der Waals surface area contributed by atoms with E-state index < -0.39 is 18.3 Å². The van der Waals surface area contributed by atoms with E-state index in [0.717, 1.165) is 6.08 Å². The molecule has 0 aromatic rings. The van der Waals surface area contributed by atoms with Crippen molar-refractivity contribution < 1.29 is 13.6 Å². The van der Waals surface area contributed by atoms with Gasteiger partial charge < -0.3 is 0 Å². The third kappa shape index (κ3) is 1.06. The van der Waals surface area contributed by atoms with Gasteiger partial charge in [0.2, 0.25) is 0 Å². The molecule has 1 rings (SSSR count). The highest BCUT2D eigenvalue weighted by Crippen LogP contribution is 2.07. The summed E-state index contributed by atoms with van der Waals surface area (Å²) >= 11 is 0. The standard InChI is InChI=1S/C5H3F2NO/c6-5(7)4-3(9)1-2-8-4/h1,4-5H. The summed E-state index contributed by atoms with van der Waals surface area (Å²) in [6.45, 7) is 0. The maximum Gasteiger partial charge on any atom is 0.268 e. The summed E-state index contributed by atoms with van der Waals surface area (Å²) in [4.78, 5) is 10.3. The Morgan fingerprint density at radius 1 is 1.78 bits per heavy atom. The molecule has 0 aliphatic carbocycles. The molecular weight excluding hydrogens is 128 g/mol. The molecule has 0 fully saturated rings. The predicted molar refractivity (Wildman–Crippen MR) is 24.7 cm³/mol. The zero-order chi connectivity index (χ0) is 6.85. The molecule has 0 aromatic heterocycles. The first-order valence-corrected chi connectivity index (χ1v) is 2.32. The first-order valence-electron chi connectivity index (χ1n) is 2.32. The lowest BCUT2D eigenvalue weighted by molar-refractivity contribution is -0.118. The highest BCUT2D eigenvalue weighted by Gasteiger charge is 2.30. The van der Waals surface area contributed by atoms with Crippen LogP contribution >= 0.6 is 0 Å². The summed E-state index contributed by atoms with van der Waals surface area (Å²) in [6.07, 6.45) is 0.310. The quantitative estimate of drug-likeness (QED) is 0.497. The van der Waals surface area contributed by atoms with Gasteiger partial charge in [0.15, 0.2) is 11.8 Å². The molecule has 0 N–H and O–H groups in total. The number of ketones is 1. The molecule has 48 valence electrons. The van der Waals surface area contributed by atoms with Crippen molar-refractivity contribution in [3.63, 3.8) is 0 Å². The van der Waals surface area contributed by atoms with Crippen molar-refractivity contribution in [2.45, 2.75) is 12.5 Å². The third-order valence-electron chi connectivity index (χ3n) is 0.951. The summed E-state index contributed by atoms with van der Waals surface area (Å²) in [6, 6.07) is -1.48. The molecule has 1 aliphatic rings. The Kier molecular flexibility index (Phi) is 1.46. The number of carbonyl (C=O) groups is 1. The molecular formula is C5H3F2NO. The van der Waals surface area contributed by atoms with Crippen LogP contribution in [0.15, 0.2) is 6.08 Å². The monoisotopic (exact) mass is 131 g/mol. The van der Waals surface area contributed by atoms with E-state index in [4.69, 9.17) is 0 Å². The van der Waals surface area contributed by atoms with Gasteiger partial charge in [-0.15, -0.1) is 0 Å². The highest BCUT2D eigenvalue weighted by molar-refractivity contribution is 5.96. The van der Waals surface area contributed by atoms with Crippen molar-refractivity contribution in [2.75, 3.05) is 0 Å². The number of hydrogen-bond donors (Lipinski definition) is 0. The van der Waals surface area contributed by atoms with Crippen molar-refractivity contribution in [3.05, 3.63) is 12.3 Å². The normalized spacial score (nSPS) is 25.2. The molecule has 4 heteroatoms. The van der Waals surface area contributed by atoms with Gasteiger partial charge in [0.25, 0.3) is 6.43 Å². The van der Waals surface area contributed by atoms with Crippen molar-refractivity contribution in [2.24, 2.45) is 0 Å². The maximum atomic E-state index is 11.6. The largest absolute Gasteiger partial charge is 0.292 e. The molecule has 0 spiro atoms. The fourth-order valence-corrected chi connectivity index (χ4v) is 0.511. The molecule has 0 saturated carbocycles. The van der Waals surface area contributed by atoms with E-state index in [1.54, 1.807) is 0 Å². The molecule has 2 nitrogen and oxygen atoms in total. The Balaban J connectivity index is 2.56. The minimum Gasteiger partial charge on any atom is -0.292 e. The van der Waals surface area contributed by atoms with Crippen molar-refractivity contribution >= 4 is 5.78 Å². The molecule has 0 aromatic carbocycles. The SMILES string of the molecule is O=C1C=[C][N]C1C(F)F. The number of rotatable bonds is 1. The molecule has 0 amide bonds. The van der Waals surface area contributed by atoms with Crippen molar-refractivity contribution in [1.29, 1.82) is 0 Å². The lowest BCUT2D eigenvalue weighted by Gasteiger charge is -2.02. The average molecular weight is 131 g/mol. The molecule has 2 radical (unpaired) electrons. The molecule has 1 heterocycles. The second kappa shape index (κ2) is 2.13. The Hall–Kier alpha value is -0.930. The van der Waals surface area contributed by atoms with E-state index in [-0.39, 0.29) is 0 Å². The molecule has 9 heavy (non-hydrogen) atoms. The zero-order valence-electron chi connectivity index (χ0n) is 4.34. The van der Waals surface area contributed by atoms with Gasteiger partial charge in [0, 0.05) is 6.08 Å². The molecule has 1 aliphatic heterocycles. The Morgan fingerprint density at radius 2 is 2.44 bits per heavy atom. The zero-order valence-corrected chi connectivity index (χ0v) is 4.34. The number of hydrogen-bond acceptors (Lipinski definition) is 1. The van der Waals surface area contributed by atoms with Crippen LogP contribution in [0.5, 0.6) is 0 Å². The fourth-order valence-electron chi connectivity index (χ4n) is 0.511. The lowest BCUT2D eigenvalue weighted by Crippen LogP contribution is -2.29. The van der Waals surface area contributed by atoms with Gasteiger partial charge in [-0.2, -0.15) is 0 Å². The van der Waals surface area contributed by atoms with Gasteiger partial charge in [0.1, 0.15) is 0 Å². The lowest BCUT2D eigenvalue weighted by atomic mass is 10.2. The van der Waals surface area contributed by atoms with Gasteiger partial charge in [-0.3, -0.25) is 10.1 Å². The minimum atomic E-state index is -2.69. The number of halogens is 2. The van der Waals surface area contributed by atoms with E-state index >= 15 is 0 Å². The fraction of sp³-hybridized carbons (Fsp3) is 0.400. The van der Waals surface area contributed by atoms with E-state index in [0.29, 0.717) is 0 Å². The topological polar surface area (TPSA) is 31.2 Å². The molecule has 1 unspecified atom stereocenters. The number of carbonyl (C=O) groups excluding carboxylic acids is 1. The smallest absolute Gasteiger partial charge is 0.268 e. The third-order valence-corrected chi connectivity index (χ3v) is 0.951. The van der Waals surface area contributed by atoms with Gasteiger partial charge in [-0.1, -0.05) is 0 Å². The second-order valence-electron chi connectivity index (χ2n) is 1.58. The van der Waals surface area contributed by atoms with E-state index in [2.05, 4.69) is 11.5 Å². The first kappa shape index (κ1) is 6.19. The van der Waals surface area contributed by atoms with Crippen LogP contribution in [0.1, 0.15) is 0 Å². The van der Waals surface area contributed by atoms with Crippen LogP contribution in [0.25, 0.3) is 0 Å². The van der Waals surface area contributed by atoms with Gasteiger partial charge in [-0.25, -0.2) is 8.78 Å². The van der Waals surface area contributed by atoms with Crippen LogP contribution in [0, 0.1) is 6.20 Å². The summed E-state index contributed by atoms with van der Waals surface area (Å²) < 4.78 is 23.2. The van der Waals surface area contributed by atoms with Crippen LogP contribution in [-0.2, 0) is 4.79 Å². The minimum absolute atomic E-state index is 0.662. The van der Waals surface area contributed by atoms with Gasteiger partial charge in [-0.05, 0) is 0 Å². The Bertz CT molecular complexity index is 155. The van der Waals surface area contributed by atoms with Crippen LogP contribution in [0.2, 0.25) is 0 Å². The second-order valence-corrected chi connectivity index (χ2v) is 1.58. The number of nitrogens with zero attached hydrogens (tertiary/aromatic N) is 1. The summed E-state index contributed by atoms with van der Waals surface area (Å²) in [5.74, 6) is -0.662. The van der Waals surface area contributed by atoms with Crippen LogP contribution in [0.3, 0.4) is 0 Å². The van der Waals surface area contributed by atoms with Crippen LogP contribution in [0.4, 0.5) is 8.78 Å². The van der Waals surface area contributed by atoms with Gasteiger partial charge in [0.05, 0.1) is 6.20 Å². The number of alkyl halides is 2. The summed E-state index contributed by atoms with van der Waals surface area (Å²) in [5.41, 5.74) is 0. The Labute approximate surface area is 50.5 Å². The van der Waals surface area contributed by atoms with Crippen LogP contribution < -0.4 is 5.32 Å². The molecule has 0 bridgehead atoms.